The van der Waals surface area contributed by atoms with Crippen LogP contribution < -0.4 is 0 Å². The van der Waals surface area contributed by atoms with Gasteiger partial charge in [-0.1, -0.05) is 48.2 Å². The maximum atomic E-state index is 5.44. The van der Waals surface area contributed by atoms with Crippen LogP contribution >= 0.6 is 11.8 Å². The minimum Gasteiger partial charge on any atom is -0.461 e. The van der Waals surface area contributed by atoms with Crippen LogP contribution in [0.25, 0.3) is 11.6 Å². The van der Waals surface area contributed by atoms with Gasteiger partial charge in [0.1, 0.15) is 0 Å². The molecule has 118 valence electrons. The normalized spacial score (nSPS) is 10.8. The predicted molar refractivity (Wildman–Crippen MR) is 93.4 cm³/mol. The van der Waals surface area contributed by atoms with E-state index in [1.54, 1.807) is 18.0 Å². The molecule has 3 rings (SSSR count). The molecular formula is C18H19N3OS. The number of aryl methyl sites for hydroxylation is 1. The molecule has 5 heteroatoms. The Bertz CT molecular complexity index is 735. The van der Waals surface area contributed by atoms with Crippen LogP contribution in [0.2, 0.25) is 0 Å². The molecular weight excluding hydrogens is 306 g/mol. The molecule has 2 aromatic heterocycles. The maximum Gasteiger partial charge on any atom is 0.200 e. The number of benzene rings is 1. The lowest BCUT2D eigenvalue weighted by Crippen LogP contribution is -2.00. The fraction of sp³-hybridized carbons (Fsp3) is 0.222. The van der Waals surface area contributed by atoms with Crippen molar-refractivity contribution >= 4 is 11.8 Å². The molecule has 0 aliphatic rings. The molecule has 0 fully saturated rings. The summed E-state index contributed by atoms with van der Waals surface area (Å²) in [6.07, 6.45) is 5.68. The van der Waals surface area contributed by atoms with Gasteiger partial charge in [0.25, 0.3) is 0 Å². The number of nitrogens with zero attached hydrogens (tertiary/aromatic N) is 3. The minimum atomic E-state index is 0.671. The van der Waals surface area contributed by atoms with Gasteiger partial charge in [0, 0.05) is 12.3 Å². The van der Waals surface area contributed by atoms with Crippen LogP contribution in [0, 0.1) is 0 Å². The Kier molecular flexibility index (Phi) is 5.32. The van der Waals surface area contributed by atoms with E-state index in [-0.39, 0.29) is 0 Å². The molecule has 1 aromatic carbocycles. The number of allylic oxidation sites excluding steroid dienone is 1. The van der Waals surface area contributed by atoms with Gasteiger partial charge < -0.3 is 4.42 Å². The maximum absolute atomic E-state index is 5.44. The number of furan rings is 1. The molecule has 0 bridgehead atoms. The van der Waals surface area contributed by atoms with Crippen molar-refractivity contribution in [1.82, 2.24) is 14.8 Å². The van der Waals surface area contributed by atoms with E-state index in [0.717, 1.165) is 35.3 Å². The summed E-state index contributed by atoms with van der Waals surface area (Å²) in [5.41, 5.74) is 1.37. The highest BCUT2D eigenvalue weighted by Gasteiger charge is 2.15. The largest absolute Gasteiger partial charge is 0.461 e. The van der Waals surface area contributed by atoms with Crippen LogP contribution in [-0.2, 0) is 13.0 Å². The van der Waals surface area contributed by atoms with Gasteiger partial charge in [0.2, 0.25) is 5.82 Å². The molecule has 0 aliphatic heterocycles. The van der Waals surface area contributed by atoms with Gasteiger partial charge in [-0.15, -0.1) is 16.8 Å². The third kappa shape index (κ3) is 3.93. The number of hydrogen-bond donors (Lipinski definition) is 0. The van der Waals surface area contributed by atoms with Crippen molar-refractivity contribution in [3.8, 4) is 11.6 Å². The van der Waals surface area contributed by atoms with Crippen molar-refractivity contribution in [3.63, 3.8) is 0 Å². The monoisotopic (exact) mass is 325 g/mol. The van der Waals surface area contributed by atoms with E-state index >= 15 is 0 Å². The number of aromatic nitrogens is 3. The highest BCUT2D eigenvalue weighted by molar-refractivity contribution is 7.99. The first-order valence-corrected chi connectivity index (χ1v) is 8.61. The Morgan fingerprint density at radius 3 is 2.74 bits per heavy atom. The number of hydrogen-bond acceptors (Lipinski definition) is 4. The van der Waals surface area contributed by atoms with Gasteiger partial charge in [-0.05, 0) is 30.5 Å². The van der Waals surface area contributed by atoms with Crippen LogP contribution in [0.3, 0.4) is 0 Å². The van der Waals surface area contributed by atoms with Gasteiger partial charge in [-0.25, -0.2) is 0 Å². The summed E-state index contributed by atoms with van der Waals surface area (Å²) in [7, 11) is 0. The SMILES string of the molecule is C=CCn1c(SCCCc2ccccc2)nnc1-c1ccco1. The fourth-order valence-electron chi connectivity index (χ4n) is 2.36. The molecule has 0 amide bonds. The zero-order valence-corrected chi connectivity index (χ0v) is 13.7. The Morgan fingerprint density at radius 2 is 2.00 bits per heavy atom. The molecule has 3 aromatic rings. The second-order valence-corrected chi connectivity index (χ2v) is 6.18. The second-order valence-electron chi connectivity index (χ2n) is 5.12. The van der Waals surface area contributed by atoms with Gasteiger partial charge in [-0.3, -0.25) is 4.57 Å². The zero-order chi connectivity index (χ0) is 15.9. The lowest BCUT2D eigenvalue weighted by atomic mass is 10.1. The van der Waals surface area contributed by atoms with E-state index in [4.69, 9.17) is 4.42 Å². The Labute approximate surface area is 140 Å². The molecule has 0 unspecified atom stereocenters. The highest BCUT2D eigenvalue weighted by Crippen LogP contribution is 2.25. The van der Waals surface area contributed by atoms with Crippen molar-refractivity contribution in [2.24, 2.45) is 0 Å². The Balaban J connectivity index is 1.62. The average Bonchev–Trinajstić information content (AvgIpc) is 3.23. The van der Waals surface area contributed by atoms with Crippen LogP contribution in [0.4, 0.5) is 0 Å². The van der Waals surface area contributed by atoms with Gasteiger partial charge >= 0.3 is 0 Å². The summed E-state index contributed by atoms with van der Waals surface area (Å²) < 4.78 is 7.48. The smallest absolute Gasteiger partial charge is 0.200 e. The fourth-order valence-corrected chi connectivity index (χ4v) is 3.25. The van der Waals surface area contributed by atoms with E-state index in [0.29, 0.717) is 6.54 Å². The quantitative estimate of drug-likeness (QED) is 0.349. The van der Waals surface area contributed by atoms with Crippen molar-refractivity contribution in [1.29, 1.82) is 0 Å². The van der Waals surface area contributed by atoms with Crippen LogP contribution in [0.1, 0.15) is 12.0 Å². The van der Waals surface area contributed by atoms with Gasteiger partial charge in [-0.2, -0.15) is 0 Å². The highest BCUT2D eigenvalue weighted by atomic mass is 32.2. The van der Waals surface area contributed by atoms with E-state index in [1.807, 2.05) is 28.8 Å². The molecule has 0 saturated carbocycles. The topological polar surface area (TPSA) is 43.9 Å². The first kappa shape index (κ1) is 15.6. The van der Waals surface area contributed by atoms with Crippen molar-refractivity contribution in [3.05, 3.63) is 66.9 Å². The summed E-state index contributed by atoms with van der Waals surface area (Å²) in [5.74, 6) is 2.48. The molecule has 0 aliphatic carbocycles. The first-order chi connectivity index (χ1) is 11.4. The van der Waals surface area contributed by atoms with Crippen molar-refractivity contribution in [2.45, 2.75) is 24.5 Å². The van der Waals surface area contributed by atoms with E-state index in [9.17, 15) is 0 Å². The standard InChI is InChI=1S/C18H19N3OS/c1-2-12-21-17(16-11-6-13-22-16)19-20-18(21)23-14-7-10-15-8-4-3-5-9-15/h2-6,8-9,11,13H,1,7,10,12,14H2. The van der Waals surface area contributed by atoms with Crippen molar-refractivity contribution < 1.29 is 4.42 Å². The van der Waals surface area contributed by atoms with Gasteiger partial charge in [0.05, 0.1) is 6.26 Å². The molecule has 0 saturated heterocycles. The molecule has 0 radical (unpaired) electrons. The van der Waals surface area contributed by atoms with E-state index < -0.39 is 0 Å². The third-order valence-corrected chi connectivity index (χ3v) is 4.51. The predicted octanol–water partition coefficient (Wildman–Crippen LogP) is 4.45. The molecule has 2 heterocycles. The Hall–Kier alpha value is -2.27. The molecule has 23 heavy (non-hydrogen) atoms. The van der Waals surface area contributed by atoms with Crippen LogP contribution in [-0.4, -0.2) is 20.5 Å². The summed E-state index contributed by atoms with van der Waals surface area (Å²) in [4.78, 5) is 0. The summed E-state index contributed by atoms with van der Waals surface area (Å²) >= 11 is 1.72. The lowest BCUT2D eigenvalue weighted by molar-refractivity contribution is 0.569. The summed E-state index contributed by atoms with van der Waals surface area (Å²) in [6.45, 7) is 4.49. The summed E-state index contributed by atoms with van der Waals surface area (Å²) in [6, 6.07) is 14.3. The number of rotatable bonds is 8. The van der Waals surface area contributed by atoms with Gasteiger partial charge in [0.15, 0.2) is 10.9 Å². The lowest BCUT2D eigenvalue weighted by Gasteiger charge is -2.06. The molecule has 0 spiro atoms. The third-order valence-electron chi connectivity index (χ3n) is 3.45. The first-order valence-electron chi connectivity index (χ1n) is 7.63. The minimum absolute atomic E-state index is 0.671. The average molecular weight is 325 g/mol. The van der Waals surface area contributed by atoms with Crippen LogP contribution in [0.5, 0.6) is 0 Å². The number of thioether (sulfide) groups is 1. The molecule has 0 N–H and O–H groups in total. The second kappa shape index (κ2) is 7.83. The Morgan fingerprint density at radius 1 is 1.13 bits per heavy atom. The van der Waals surface area contributed by atoms with Crippen LogP contribution in [0.15, 0.2) is 71.0 Å². The van der Waals surface area contributed by atoms with Crippen molar-refractivity contribution in [2.75, 3.05) is 5.75 Å². The summed E-state index contributed by atoms with van der Waals surface area (Å²) in [5, 5.41) is 9.47. The molecule has 0 atom stereocenters. The van der Waals surface area contributed by atoms with E-state index in [2.05, 4.69) is 41.0 Å². The zero-order valence-electron chi connectivity index (χ0n) is 12.9. The van der Waals surface area contributed by atoms with E-state index in [1.165, 1.54) is 5.56 Å². The molecule has 4 nitrogen and oxygen atoms in total.